The highest BCUT2D eigenvalue weighted by atomic mass is 28.4. The van der Waals surface area contributed by atoms with Crippen LogP contribution in [-0.2, 0) is 10.8 Å². The van der Waals surface area contributed by atoms with Crippen molar-refractivity contribution in [1.29, 1.82) is 0 Å². The molecule has 1 aromatic rings. The number of benzene rings is 1. The van der Waals surface area contributed by atoms with Gasteiger partial charge in [-0.05, 0) is 56.8 Å². The van der Waals surface area contributed by atoms with Crippen LogP contribution in [-0.4, -0.2) is 13.9 Å². The van der Waals surface area contributed by atoms with Gasteiger partial charge in [-0.15, -0.1) is 6.58 Å². The van der Waals surface area contributed by atoms with Gasteiger partial charge in [-0.3, -0.25) is 0 Å². The molecular weight excluding hydrogens is 248 g/mol. The maximum Gasteiger partial charge on any atom is 0.184 e. The number of hydrogen-bond acceptors (Lipinski definition) is 1. The minimum absolute atomic E-state index is 0.0830. The molecule has 19 heavy (non-hydrogen) atoms. The van der Waals surface area contributed by atoms with Gasteiger partial charge in [0.15, 0.2) is 8.32 Å². The lowest BCUT2D eigenvalue weighted by molar-refractivity contribution is 0.0706. The molecule has 2 atom stereocenters. The van der Waals surface area contributed by atoms with Crippen molar-refractivity contribution in [2.24, 2.45) is 5.92 Å². The molecule has 1 nitrogen and oxygen atoms in total. The van der Waals surface area contributed by atoms with E-state index in [-0.39, 0.29) is 5.60 Å². The van der Waals surface area contributed by atoms with E-state index in [0.29, 0.717) is 5.92 Å². The lowest BCUT2D eigenvalue weighted by Crippen LogP contribution is -2.44. The Morgan fingerprint density at radius 2 is 2.00 bits per heavy atom. The molecule has 0 spiro atoms. The van der Waals surface area contributed by atoms with Crippen LogP contribution in [0.5, 0.6) is 0 Å². The molecule has 0 saturated heterocycles. The molecule has 104 valence electrons. The summed E-state index contributed by atoms with van der Waals surface area (Å²) in [6, 6.07) is 10.8. The molecule has 0 aliphatic heterocycles. The second-order valence-electron chi connectivity index (χ2n) is 6.65. The van der Waals surface area contributed by atoms with Crippen LogP contribution in [0.2, 0.25) is 19.6 Å². The largest absolute Gasteiger partial charge is 0.408 e. The molecule has 2 rings (SSSR count). The summed E-state index contributed by atoms with van der Waals surface area (Å²) in [6.07, 6.45) is 6.85. The normalized spacial score (nSPS) is 27.4. The molecule has 0 amide bonds. The van der Waals surface area contributed by atoms with E-state index in [0.717, 1.165) is 12.8 Å². The number of hydrogen-bond donors (Lipinski definition) is 0. The predicted octanol–water partition coefficient (Wildman–Crippen LogP) is 4.81. The second kappa shape index (κ2) is 5.64. The Balaban J connectivity index is 2.16. The summed E-state index contributed by atoms with van der Waals surface area (Å²) in [7, 11) is -1.55. The summed E-state index contributed by atoms with van der Waals surface area (Å²) in [5.41, 5.74) is 1.33. The molecule has 1 aromatic carbocycles. The average molecular weight is 274 g/mol. The Bertz CT molecular complexity index is 421. The molecule has 0 unspecified atom stereocenters. The van der Waals surface area contributed by atoms with Crippen LogP contribution in [0, 0.1) is 5.92 Å². The fourth-order valence-electron chi connectivity index (χ4n) is 3.26. The summed E-state index contributed by atoms with van der Waals surface area (Å²) in [6.45, 7) is 10.9. The Morgan fingerprint density at radius 3 is 2.58 bits per heavy atom. The highest BCUT2D eigenvalue weighted by Gasteiger charge is 2.43. The topological polar surface area (TPSA) is 9.23 Å². The molecular formula is C17H26OSi. The monoisotopic (exact) mass is 274 g/mol. The maximum atomic E-state index is 6.54. The first kappa shape index (κ1) is 14.5. The van der Waals surface area contributed by atoms with E-state index in [9.17, 15) is 0 Å². The fourth-order valence-corrected chi connectivity index (χ4v) is 4.75. The van der Waals surface area contributed by atoms with Crippen molar-refractivity contribution in [1.82, 2.24) is 0 Å². The van der Waals surface area contributed by atoms with Gasteiger partial charge in [0.2, 0.25) is 0 Å². The van der Waals surface area contributed by atoms with Crippen LogP contribution < -0.4 is 0 Å². The molecule has 1 fully saturated rings. The fraction of sp³-hybridized carbons (Fsp3) is 0.529. The van der Waals surface area contributed by atoms with Crippen LogP contribution in [0.3, 0.4) is 0 Å². The van der Waals surface area contributed by atoms with Gasteiger partial charge in [-0.25, -0.2) is 0 Å². The van der Waals surface area contributed by atoms with Crippen LogP contribution in [0.25, 0.3) is 0 Å². The molecule has 0 radical (unpaired) electrons. The van der Waals surface area contributed by atoms with E-state index in [2.05, 4.69) is 62.6 Å². The van der Waals surface area contributed by atoms with Gasteiger partial charge in [0, 0.05) is 0 Å². The molecule has 0 heterocycles. The Labute approximate surface area is 118 Å². The third-order valence-corrected chi connectivity index (χ3v) is 4.97. The highest BCUT2D eigenvalue weighted by Crippen LogP contribution is 2.43. The van der Waals surface area contributed by atoms with Crippen molar-refractivity contribution < 1.29 is 4.43 Å². The first-order chi connectivity index (χ1) is 8.95. The Morgan fingerprint density at radius 1 is 1.32 bits per heavy atom. The summed E-state index contributed by atoms with van der Waals surface area (Å²) in [4.78, 5) is 0. The molecule has 0 aromatic heterocycles. The first-order valence-corrected chi connectivity index (χ1v) is 10.7. The van der Waals surface area contributed by atoms with Crippen molar-refractivity contribution in [3.63, 3.8) is 0 Å². The van der Waals surface area contributed by atoms with Crippen LogP contribution >= 0.6 is 0 Å². The summed E-state index contributed by atoms with van der Waals surface area (Å²) in [5, 5.41) is 0. The van der Waals surface area contributed by atoms with Crippen LogP contribution in [0.4, 0.5) is 0 Å². The third-order valence-electron chi connectivity index (χ3n) is 3.98. The van der Waals surface area contributed by atoms with E-state index in [1.54, 1.807) is 0 Å². The van der Waals surface area contributed by atoms with Crippen molar-refractivity contribution >= 4 is 8.32 Å². The zero-order chi connectivity index (χ0) is 13.9. The Kier molecular flexibility index (Phi) is 4.31. The molecule has 2 heteroatoms. The summed E-state index contributed by atoms with van der Waals surface area (Å²) >= 11 is 0. The van der Waals surface area contributed by atoms with Gasteiger partial charge in [0.05, 0.1) is 5.60 Å². The first-order valence-electron chi connectivity index (χ1n) is 7.33. The zero-order valence-corrected chi connectivity index (χ0v) is 13.5. The average Bonchev–Trinajstić information content (AvgIpc) is 2.72. The van der Waals surface area contributed by atoms with E-state index in [1.165, 1.54) is 18.4 Å². The summed E-state index contributed by atoms with van der Waals surface area (Å²) < 4.78 is 6.54. The van der Waals surface area contributed by atoms with Crippen molar-refractivity contribution in [2.75, 3.05) is 0 Å². The molecule has 1 aliphatic rings. The zero-order valence-electron chi connectivity index (χ0n) is 12.5. The second-order valence-corrected chi connectivity index (χ2v) is 11.1. The Hall–Kier alpha value is -0.863. The lowest BCUT2D eigenvalue weighted by Gasteiger charge is -2.38. The third kappa shape index (κ3) is 3.58. The van der Waals surface area contributed by atoms with Gasteiger partial charge < -0.3 is 4.43 Å². The van der Waals surface area contributed by atoms with Crippen molar-refractivity contribution in [3.8, 4) is 0 Å². The van der Waals surface area contributed by atoms with Gasteiger partial charge >= 0.3 is 0 Å². The highest BCUT2D eigenvalue weighted by molar-refractivity contribution is 6.69. The molecule has 0 N–H and O–H groups in total. The van der Waals surface area contributed by atoms with E-state index < -0.39 is 8.32 Å². The van der Waals surface area contributed by atoms with E-state index >= 15 is 0 Å². The molecule has 1 aliphatic carbocycles. The van der Waals surface area contributed by atoms with Crippen molar-refractivity contribution in [3.05, 3.63) is 48.6 Å². The van der Waals surface area contributed by atoms with Crippen molar-refractivity contribution in [2.45, 2.75) is 50.9 Å². The van der Waals surface area contributed by atoms with E-state index in [1.807, 2.05) is 0 Å². The van der Waals surface area contributed by atoms with Gasteiger partial charge in [0.25, 0.3) is 0 Å². The maximum absolute atomic E-state index is 6.54. The van der Waals surface area contributed by atoms with E-state index in [4.69, 9.17) is 4.43 Å². The SMILES string of the molecule is C=C[C@@]1(O[Si](C)(C)C)CCC[C@H]1Cc1ccccc1. The summed E-state index contributed by atoms with van der Waals surface area (Å²) in [5.74, 6) is 0.583. The lowest BCUT2D eigenvalue weighted by atomic mass is 9.86. The van der Waals surface area contributed by atoms with Gasteiger partial charge in [-0.1, -0.05) is 36.4 Å². The predicted molar refractivity (Wildman–Crippen MR) is 84.8 cm³/mol. The quantitative estimate of drug-likeness (QED) is 0.553. The molecule has 0 bridgehead atoms. The molecule has 1 saturated carbocycles. The number of rotatable bonds is 5. The van der Waals surface area contributed by atoms with Gasteiger partial charge in [-0.2, -0.15) is 0 Å². The van der Waals surface area contributed by atoms with Gasteiger partial charge in [0.1, 0.15) is 0 Å². The van der Waals surface area contributed by atoms with Crippen LogP contribution in [0.15, 0.2) is 43.0 Å². The minimum atomic E-state index is -1.55. The minimum Gasteiger partial charge on any atom is -0.408 e. The smallest absolute Gasteiger partial charge is 0.184 e. The standard InChI is InChI=1S/C17H26OSi/c1-5-17(18-19(2,3)4)13-9-12-16(17)14-15-10-7-6-8-11-15/h5-8,10-11,16H,1,9,12-14H2,2-4H3/t16-,17+/m0/s1. The van der Waals surface area contributed by atoms with Crippen LogP contribution in [0.1, 0.15) is 24.8 Å².